The fraction of sp³-hybridized carbons (Fsp3) is 0.500. The SMILES string of the molecule is CC(=O)CCC(=O)N(C)Cc1ccc2c(c1)CCC2. The highest BCUT2D eigenvalue weighted by atomic mass is 16.2. The van der Waals surface area contributed by atoms with Crippen LogP contribution in [0.2, 0.25) is 0 Å². The molecule has 0 heterocycles. The first-order valence-corrected chi connectivity index (χ1v) is 6.90. The summed E-state index contributed by atoms with van der Waals surface area (Å²) in [6, 6.07) is 6.52. The molecule has 102 valence electrons. The predicted octanol–water partition coefficient (Wildman–Crippen LogP) is 2.50. The Labute approximate surface area is 114 Å². The molecule has 3 heteroatoms. The number of hydrogen-bond acceptors (Lipinski definition) is 2. The molecule has 0 atom stereocenters. The zero-order valence-electron chi connectivity index (χ0n) is 11.7. The summed E-state index contributed by atoms with van der Waals surface area (Å²) in [4.78, 5) is 24.5. The summed E-state index contributed by atoms with van der Waals surface area (Å²) in [5.41, 5.74) is 4.07. The van der Waals surface area contributed by atoms with Crippen LogP contribution in [0.5, 0.6) is 0 Å². The zero-order chi connectivity index (χ0) is 13.8. The minimum atomic E-state index is 0.0377. The number of hydrogen-bond donors (Lipinski definition) is 0. The van der Waals surface area contributed by atoms with Crippen molar-refractivity contribution in [3.63, 3.8) is 0 Å². The summed E-state index contributed by atoms with van der Waals surface area (Å²) in [6.45, 7) is 2.15. The van der Waals surface area contributed by atoms with Gasteiger partial charge in [0, 0.05) is 26.4 Å². The van der Waals surface area contributed by atoms with Gasteiger partial charge in [0.2, 0.25) is 5.91 Å². The summed E-state index contributed by atoms with van der Waals surface area (Å²) in [7, 11) is 1.80. The van der Waals surface area contributed by atoms with Crippen LogP contribution in [0.15, 0.2) is 18.2 Å². The molecular formula is C16H21NO2. The van der Waals surface area contributed by atoms with Crippen molar-refractivity contribution in [1.29, 1.82) is 0 Å². The minimum absolute atomic E-state index is 0.0377. The third-order valence-electron chi connectivity index (χ3n) is 3.70. The lowest BCUT2D eigenvalue weighted by Crippen LogP contribution is -2.26. The van der Waals surface area contributed by atoms with Crippen molar-refractivity contribution >= 4 is 11.7 Å². The van der Waals surface area contributed by atoms with E-state index in [9.17, 15) is 9.59 Å². The van der Waals surface area contributed by atoms with Crippen molar-refractivity contribution in [1.82, 2.24) is 4.90 Å². The number of aryl methyl sites for hydroxylation is 2. The fourth-order valence-electron chi connectivity index (χ4n) is 2.56. The second-order valence-electron chi connectivity index (χ2n) is 5.41. The molecule has 0 saturated heterocycles. The molecule has 0 bridgehead atoms. The van der Waals surface area contributed by atoms with Crippen LogP contribution in [0.1, 0.15) is 42.9 Å². The maximum Gasteiger partial charge on any atom is 0.223 e. The Morgan fingerprint density at radius 3 is 2.63 bits per heavy atom. The van der Waals surface area contributed by atoms with Gasteiger partial charge < -0.3 is 9.69 Å². The van der Waals surface area contributed by atoms with Crippen LogP contribution >= 0.6 is 0 Å². The summed E-state index contributed by atoms with van der Waals surface area (Å²) in [5.74, 6) is 0.106. The Kier molecular flexibility index (Phi) is 4.35. The molecule has 2 rings (SSSR count). The molecule has 0 aromatic heterocycles. The molecule has 0 spiro atoms. The standard InChI is InChI=1S/C16H21NO2/c1-12(18)6-9-16(19)17(2)11-13-7-8-14-4-3-5-15(14)10-13/h7-8,10H,3-6,9,11H2,1-2H3. The van der Waals surface area contributed by atoms with Crippen molar-refractivity contribution < 1.29 is 9.59 Å². The quantitative estimate of drug-likeness (QED) is 0.814. The summed E-state index contributed by atoms with van der Waals surface area (Å²) in [5, 5.41) is 0. The summed E-state index contributed by atoms with van der Waals surface area (Å²) < 4.78 is 0. The van der Waals surface area contributed by atoms with Crippen molar-refractivity contribution in [3.05, 3.63) is 34.9 Å². The van der Waals surface area contributed by atoms with Crippen LogP contribution < -0.4 is 0 Å². The van der Waals surface area contributed by atoms with Gasteiger partial charge in [-0.1, -0.05) is 18.2 Å². The number of carbonyl (C=O) groups is 2. The van der Waals surface area contributed by atoms with Gasteiger partial charge in [-0.15, -0.1) is 0 Å². The van der Waals surface area contributed by atoms with Gasteiger partial charge >= 0.3 is 0 Å². The van der Waals surface area contributed by atoms with Gasteiger partial charge in [0.1, 0.15) is 5.78 Å². The van der Waals surface area contributed by atoms with E-state index in [4.69, 9.17) is 0 Å². The molecule has 0 fully saturated rings. The molecule has 0 N–H and O–H groups in total. The Bertz CT molecular complexity index is 494. The first-order valence-electron chi connectivity index (χ1n) is 6.90. The summed E-state index contributed by atoms with van der Waals surface area (Å²) >= 11 is 0. The largest absolute Gasteiger partial charge is 0.341 e. The smallest absolute Gasteiger partial charge is 0.223 e. The fourth-order valence-corrected chi connectivity index (χ4v) is 2.56. The number of benzene rings is 1. The number of rotatable bonds is 5. The Hall–Kier alpha value is -1.64. The van der Waals surface area contributed by atoms with Gasteiger partial charge in [-0.2, -0.15) is 0 Å². The van der Waals surface area contributed by atoms with Crippen molar-refractivity contribution in [2.75, 3.05) is 7.05 Å². The molecule has 1 aromatic rings. The molecular weight excluding hydrogens is 238 g/mol. The van der Waals surface area contributed by atoms with Crippen LogP contribution in [-0.4, -0.2) is 23.6 Å². The van der Waals surface area contributed by atoms with Crippen LogP contribution in [-0.2, 0) is 29.0 Å². The van der Waals surface area contributed by atoms with E-state index < -0.39 is 0 Å². The van der Waals surface area contributed by atoms with E-state index in [0.29, 0.717) is 19.4 Å². The van der Waals surface area contributed by atoms with Crippen LogP contribution in [0.4, 0.5) is 0 Å². The third kappa shape index (κ3) is 3.66. The predicted molar refractivity (Wildman–Crippen MR) is 74.9 cm³/mol. The van der Waals surface area contributed by atoms with E-state index in [1.165, 1.54) is 36.5 Å². The Balaban J connectivity index is 1.93. The Morgan fingerprint density at radius 1 is 1.16 bits per heavy atom. The maximum atomic E-state index is 11.9. The highest BCUT2D eigenvalue weighted by molar-refractivity contribution is 5.83. The number of Topliss-reactive ketones (excluding diaryl/α,β-unsaturated/α-hetero) is 1. The topological polar surface area (TPSA) is 37.4 Å². The van der Waals surface area contributed by atoms with E-state index >= 15 is 0 Å². The Morgan fingerprint density at radius 2 is 1.89 bits per heavy atom. The molecule has 0 aliphatic heterocycles. The van der Waals surface area contributed by atoms with E-state index in [-0.39, 0.29) is 11.7 Å². The van der Waals surface area contributed by atoms with E-state index in [2.05, 4.69) is 18.2 Å². The van der Waals surface area contributed by atoms with Gasteiger partial charge in [-0.3, -0.25) is 4.79 Å². The molecule has 0 unspecified atom stereocenters. The second kappa shape index (κ2) is 6.00. The number of ketones is 1. The number of carbonyl (C=O) groups excluding carboxylic acids is 2. The van der Waals surface area contributed by atoms with Gasteiger partial charge in [-0.05, 0) is 42.9 Å². The molecule has 1 amide bonds. The van der Waals surface area contributed by atoms with E-state index in [1.807, 2.05) is 0 Å². The van der Waals surface area contributed by atoms with Crippen LogP contribution in [0, 0.1) is 0 Å². The first-order chi connectivity index (χ1) is 9.06. The molecule has 1 aliphatic rings. The highest BCUT2D eigenvalue weighted by Gasteiger charge is 2.13. The molecule has 19 heavy (non-hydrogen) atoms. The number of amides is 1. The molecule has 3 nitrogen and oxygen atoms in total. The minimum Gasteiger partial charge on any atom is -0.341 e. The normalized spacial score (nSPS) is 13.2. The van der Waals surface area contributed by atoms with Gasteiger partial charge in [-0.25, -0.2) is 0 Å². The maximum absolute atomic E-state index is 11.9. The van der Waals surface area contributed by atoms with Gasteiger partial charge in [0.15, 0.2) is 0 Å². The average Bonchev–Trinajstić information content (AvgIpc) is 2.83. The lowest BCUT2D eigenvalue weighted by Gasteiger charge is -2.17. The molecule has 0 radical (unpaired) electrons. The average molecular weight is 259 g/mol. The van der Waals surface area contributed by atoms with E-state index in [0.717, 1.165) is 6.42 Å². The summed E-state index contributed by atoms with van der Waals surface area (Å²) in [6.07, 6.45) is 4.24. The molecule has 0 saturated carbocycles. The van der Waals surface area contributed by atoms with E-state index in [1.54, 1.807) is 11.9 Å². The van der Waals surface area contributed by atoms with Gasteiger partial charge in [0.05, 0.1) is 0 Å². The molecule has 1 aliphatic carbocycles. The lowest BCUT2D eigenvalue weighted by atomic mass is 10.1. The highest BCUT2D eigenvalue weighted by Crippen LogP contribution is 2.23. The lowest BCUT2D eigenvalue weighted by molar-refractivity contribution is -0.132. The van der Waals surface area contributed by atoms with Crippen molar-refractivity contribution in [3.8, 4) is 0 Å². The number of fused-ring (bicyclic) bond motifs is 1. The monoisotopic (exact) mass is 259 g/mol. The zero-order valence-corrected chi connectivity index (χ0v) is 11.7. The second-order valence-corrected chi connectivity index (χ2v) is 5.41. The van der Waals surface area contributed by atoms with Crippen molar-refractivity contribution in [2.45, 2.75) is 45.6 Å². The molecule has 1 aromatic carbocycles. The number of nitrogens with zero attached hydrogens (tertiary/aromatic N) is 1. The van der Waals surface area contributed by atoms with Crippen molar-refractivity contribution in [2.24, 2.45) is 0 Å². The van der Waals surface area contributed by atoms with Gasteiger partial charge in [0.25, 0.3) is 0 Å². The third-order valence-corrected chi connectivity index (χ3v) is 3.70. The van der Waals surface area contributed by atoms with Crippen LogP contribution in [0.3, 0.4) is 0 Å². The van der Waals surface area contributed by atoms with Crippen LogP contribution in [0.25, 0.3) is 0 Å². The first kappa shape index (κ1) is 13.8.